The van der Waals surface area contributed by atoms with Crippen LogP contribution in [0.15, 0.2) is 66.2 Å². The van der Waals surface area contributed by atoms with Crippen molar-refractivity contribution >= 4 is 17.7 Å². The summed E-state index contributed by atoms with van der Waals surface area (Å²) in [6.07, 6.45) is 0. The molecule has 1 aliphatic rings. The molecule has 2 aromatic rings. The van der Waals surface area contributed by atoms with E-state index < -0.39 is 12.0 Å². The van der Waals surface area contributed by atoms with Gasteiger partial charge < -0.3 is 10.1 Å². The molecule has 0 aromatic heterocycles. The van der Waals surface area contributed by atoms with Gasteiger partial charge in [0.15, 0.2) is 0 Å². The van der Waals surface area contributed by atoms with Crippen molar-refractivity contribution < 1.29 is 14.3 Å². The maximum Gasteiger partial charge on any atom is 0.338 e. The molecule has 0 radical (unpaired) electrons. The summed E-state index contributed by atoms with van der Waals surface area (Å²) >= 11 is 0. The summed E-state index contributed by atoms with van der Waals surface area (Å²) < 4.78 is 5.29. The molecule has 0 fully saturated rings. The second-order valence-corrected chi connectivity index (χ2v) is 5.70. The van der Waals surface area contributed by atoms with E-state index in [-0.39, 0.29) is 12.6 Å². The Hall–Kier alpha value is -3.08. The highest BCUT2D eigenvalue weighted by molar-refractivity contribution is 6.04. The summed E-state index contributed by atoms with van der Waals surface area (Å²) in [6.45, 7) is 2.03. The number of ether oxygens (including phenoxy) is 1. The number of carbonyl (C=O) groups is 2. The first-order valence-corrected chi connectivity index (χ1v) is 8.19. The van der Waals surface area contributed by atoms with Crippen LogP contribution in [0, 0.1) is 0 Å². The van der Waals surface area contributed by atoms with E-state index in [4.69, 9.17) is 4.74 Å². The lowest BCUT2D eigenvalue weighted by molar-refractivity contribution is -0.138. The molecule has 5 nitrogen and oxygen atoms in total. The molecule has 5 heteroatoms. The molecule has 0 saturated heterocycles. The van der Waals surface area contributed by atoms with Gasteiger partial charge in [0.2, 0.25) is 0 Å². The van der Waals surface area contributed by atoms with E-state index in [1.54, 1.807) is 14.0 Å². The van der Waals surface area contributed by atoms with E-state index in [1.807, 2.05) is 60.7 Å². The minimum atomic E-state index is -0.556. The van der Waals surface area contributed by atoms with Crippen molar-refractivity contribution in [3.8, 4) is 0 Å². The molecule has 1 aliphatic heterocycles. The predicted molar refractivity (Wildman–Crippen MR) is 95.5 cm³/mol. The summed E-state index contributed by atoms with van der Waals surface area (Å²) in [4.78, 5) is 26.7. The van der Waals surface area contributed by atoms with Crippen molar-refractivity contribution in [2.75, 3.05) is 13.7 Å². The van der Waals surface area contributed by atoms with Gasteiger partial charge in [0.05, 0.1) is 23.9 Å². The molecule has 25 heavy (non-hydrogen) atoms. The highest BCUT2D eigenvalue weighted by atomic mass is 16.5. The van der Waals surface area contributed by atoms with E-state index in [0.29, 0.717) is 11.3 Å². The Kier molecular flexibility index (Phi) is 4.84. The van der Waals surface area contributed by atoms with Gasteiger partial charge >= 0.3 is 12.0 Å². The number of hydrogen-bond acceptors (Lipinski definition) is 3. The minimum Gasteiger partial charge on any atom is -0.463 e. The second kappa shape index (κ2) is 7.21. The van der Waals surface area contributed by atoms with Gasteiger partial charge in [-0.1, -0.05) is 60.7 Å². The number of urea groups is 1. The lowest BCUT2D eigenvalue weighted by Crippen LogP contribution is -2.46. The fraction of sp³-hybridized carbons (Fsp3) is 0.200. The molecule has 3 rings (SSSR count). The third-order valence-electron chi connectivity index (χ3n) is 4.13. The topological polar surface area (TPSA) is 58.6 Å². The van der Waals surface area contributed by atoms with Gasteiger partial charge in [0.1, 0.15) is 0 Å². The lowest BCUT2D eigenvalue weighted by atomic mass is 9.92. The Labute approximate surface area is 146 Å². The van der Waals surface area contributed by atoms with Gasteiger partial charge in [-0.15, -0.1) is 0 Å². The molecule has 0 saturated carbocycles. The number of hydrogen-bond donors (Lipinski definition) is 1. The molecule has 0 aliphatic carbocycles. The molecule has 0 spiro atoms. The van der Waals surface area contributed by atoms with Gasteiger partial charge in [0, 0.05) is 7.05 Å². The van der Waals surface area contributed by atoms with Crippen LogP contribution in [0.3, 0.4) is 0 Å². The summed E-state index contributed by atoms with van der Waals surface area (Å²) in [5, 5.41) is 2.90. The molecular weight excluding hydrogens is 316 g/mol. The number of nitrogens with zero attached hydrogens (tertiary/aromatic N) is 1. The van der Waals surface area contributed by atoms with Crippen LogP contribution < -0.4 is 5.32 Å². The van der Waals surface area contributed by atoms with Gasteiger partial charge in [0.25, 0.3) is 0 Å². The van der Waals surface area contributed by atoms with Crippen molar-refractivity contribution in [3.63, 3.8) is 0 Å². The zero-order valence-corrected chi connectivity index (χ0v) is 14.2. The molecule has 2 amide bonds. The maximum absolute atomic E-state index is 12.8. The fourth-order valence-corrected chi connectivity index (χ4v) is 2.98. The number of esters is 1. The molecule has 1 N–H and O–H groups in total. The van der Waals surface area contributed by atoms with E-state index in [2.05, 4.69) is 5.32 Å². The summed E-state index contributed by atoms with van der Waals surface area (Å²) in [6, 6.07) is 18.0. The molecule has 1 heterocycles. The number of benzene rings is 2. The van der Waals surface area contributed by atoms with Crippen LogP contribution in [0.1, 0.15) is 24.1 Å². The SMILES string of the molecule is CCOC(=O)C1=C(c2ccccc2)N(C)C(=O)NC1c1ccccc1. The molecular formula is C20H20N2O3. The maximum atomic E-state index is 12.8. The van der Waals surface area contributed by atoms with Crippen molar-refractivity contribution in [3.05, 3.63) is 77.4 Å². The van der Waals surface area contributed by atoms with Crippen molar-refractivity contribution in [2.24, 2.45) is 0 Å². The lowest BCUT2D eigenvalue weighted by Gasteiger charge is -2.34. The monoisotopic (exact) mass is 336 g/mol. The highest BCUT2D eigenvalue weighted by Gasteiger charge is 2.37. The molecule has 2 aromatic carbocycles. The average molecular weight is 336 g/mol. The first-order valence-electron chi connectivity index (χ1n) is 8.19. The quantitative estimate of drug-likeness (QED) is 0.871. The standard InChI is InChI=1S/C20H20N2O3/c1-3-25-19(23)16-17(14-10-6-4-7-11-14)21-20(24)22(2)18(16)15-12-8-5-9-13-15/h4-13,17H,3H2,1-2H3,(H,21,24). The van der Waals surface area contributed by atoms with Crippen LogP contribution in [0.2, 0.25) is 0 Å². The highest BCUT2D eigenvalue weighted by Crippen LogP contribution is 2.35. The Morgan fingerprint density at radius 1 is 1.08 bits per heavy atom. The third-order valence-corrected chi connectivity index (χ3v) is 4.13. The molecule has 0 bridgehead atoms. The molecule has 1 atom stereocenters. The van der Waals surface area contributed by atoms with Crippen LogP contribution in [0.25, 0.3) is 5.70 Å². The third kappa shape index (κ3) is 3.26. The van der Waals surface area contributed by atoms with Gasteiger partial charge in [-0.25, -0.2) is 9.59 Å². The number of rotatable bonds is 4. The molecule has 1 unspecified atom stereocenters. The minimum absolute atomic E-state index is 0.263. The number of amides is 2. The van der Waals surface area contributed by atoms with E-state index in [9.17, 15) is 9.59 Å². The smallest absolute Gasteiger partial charge is 0.338 e. The van der Waals surface area contributed by atoms with E-state index >= 15 is 0 Å². The van der Waals surface area contributed by atoms with Crippen LogP contribution in [0.5, 0.6) is 0 Å². The zero-order chi connectivity index (χ0) is 17.8. The summed E-state index contributed by atoms with van der Waals surface area (Å²) in [5.41, 5.74) is 2.63. The van der Waals surface area contributed by atoms with Crippen molar-refractivity contribution in [1.82, 2.24) is 10.2 Å². The van der Waals surface area contributed by atoms with Crippen molar-refractivity contribution in [1.29, 1.82) is 0 Å². The predicted octanol–water partition coefficient (Wildman–Crippen LogP) is 3.36. The summed E-state index contributed by atoms with van der Waals surface area (Å²) in [7, 11) is 1.65. The second-order valence-electron chi connectivity index (χ2n) is 5.70. The Balaban J connectivity index is 2.23. The van der Waals surface area contributed by atoms with Crippen molar-refractivity contribution in [2.45, 2.75) is 13.0 Å². The van der Waals surface area contributed by atoms with Crippen LogP contribution in [-0.2, 0) is 9.53 Å². The van der Waals surface area contributed by atoms with Gasteiger partial charge in [-0.05, 0) is 18.1 Å². The Bertz CT molecular complexity index is 800. The molecule has 128 valence electrons. The zero-order valence-electron chi connectivity index (χ0n) is 14.2. The van der Waals surface area contributed by atoms with Gasteiger partial charge in [-0.2, -0.15) is 0 Å². The Morgan fingerprint density at radius 3 is 2.28 bits per heavy atom. The summed E-state index contributed by atoms with van der Waals surface area (Å²) in [5.74, 6) is -0.429. The van der Waals surface area contributed by atoms with E-state index in [0.717, 1.165) is 11.1 Å². The Morgan fingerprint density at radius 2 is 1.68 bits per heavy atom. The van der Waals surface area contributed by atoms with Crippen LogP contribution in [-0.4, -0.2) is 30.6 Å². The first-order chi connectivity index (χ1) is 12.1. The van der Waals surface area contributed by atoms with Gasteiger partial charge in [-0.3, -0.25) is 4.90 Å². The first kappa shape index (κ1) is 16.8. The van der Waals surface area contributed by atoms with E-state index in [1.165, 1.54) is 4.90 Å². The van der Waals surface area contributed by atoms with Crippen LogP contribution in [0.4, 0.5) is 4.79 Å². The number of nitrogens with one attached hydrogen (secondary N) is 1. The van der Waals surface area contributed by atoms with Crippen LogP contribution >= 0.6 is 0 Å². The fourth-order valence-electron chi connectivity index (χ4n) is 2.98. The largest absolute Gasteiger partial charge is 0.463 e. The normalized spacial score (nSPS) is 17.3. The average Bonchev–Trinajstić information content (AvgIpc) is 2.65. The number of carbonyl (C=O) groups excluding carboxylic acids is 2.